The van der Waals surface area contributed by atoms with E-state index < -0.39 is 0 Å². The van der Waals surface area contributed by atoms with Crippen LogP contribution in [0.4, 0.5) is 0 Å². The van der Waals surface area contributed by atoms with Crippen molar-refractivity contribution in [2.45, 2.75) is 44.4 Å². The lowest BCUT2D eigenvalue weighted by Gasteiger charge is -2.41. The Labute approximate surface area is 133 Å². The molecule has 1 aliphatic rings. The molecule has 0 aliphatic carbocycles. The second-order valence-electron chi connectivity index (χ2n) is 6.27. The summed E-state index contributed by atoms with van der Waals surface area (Å²) in [6, 6.07) is 21.4. The van der Waals surface area contributed by atoms with Gasteiger partial charge in [0.2, 0.25) is 0 Å². The molecule has 116 valence electrons. The van der Waals surface area contributed by atoms with Crippen LogP contribution in [-0.2, 0) is 0 Å². The lowest BCUT2D eigenvalue weighted by atomic mass is 9.78. The van der Waals surface area contributed by atoms with Crippen molar-refractivity contribution in [3.05, 3.63) is 71.8 Å². The standard InChI is InChI=1S/C20H25NO/c1-2-9-17-19(22)14-18(15-10-5-3-6-11-15)21-20(17)16-12-7-4-8-13-16/h3-8,10-13,17-22H,2,9,14H2,1H3/t17-,18-,19-,20+/m1/s1. The van der Waals surface area contributed by atoms with Gasteiger partial charge in [-0.15, -0.1) is 0 Å². The summed E-state index contributed by atoms with van der Waals surface area (Å²) in [4.78, 5) is 0. The molecule has 0 saturated carbocycles. The maximum atomic E-state index is 10.7. The lowest BCUT2D eigenvalue weighted by molar-refractivity contribution is 0.0262. The molecule has 0 radical (unpaired) electrons. The summed E-state index contributed by atoms with van der Waals surface area (Å²) in [7, 11) is 0. The van der Waals surface area contributed by atoms with Crippen LogP contribution in [0.15, 0.2) is 60.7 Å². The van der Waals surface area contributed by atoms with Gasteiger partial charge in [0.25, 0.3) is 0 Å². The molecule has 3 rings (SSSR count). The first kappa shape index (κ1) is 15.3. The van der Waals surface area contributed by atoms with Crippen LogP contribution in [0.1, 0.15) is 49.4 Å². The van der Waals surface area contributed by atoms with E-state index in [1.807, 2.05) is 12.1 Å². The summed E-state index contributed by atoms with van der Waals surface area (Å²) < 4.78 is 0. The van der Waals surface area contributed by atoms with E-state index in [1.165, 1.54) is 11.1 Å². The van der Waals surface area contributed by atoms with Crippen molar-refractivity contribution in [2.24, 2.45) is 5.92 Å². The molecule has 0 unspecified atom stereocenters. The monoisotopic (exact) mass is 295 g/mol. The molecule has 2 aromatic carbocycles. The van der Waals surface area contributed by atoms with E-state index in [0.717, 1.165) is 19.3 Å². The number of hydrogen-bond acceptors (Lipinski definition) is 2. The van der Waals surface area contributed by atoms with E-state index >= 15 is 0 Å². The predicted octanol–water partition coefficient (Wildman–Crippen LogP) is 4.24. The predicted molar refractivity (Wildman–Crippen MR) is 90.5 cm³/mol. The van der Waals surface area contributed by atoms with Crippen molar-refractivity contribution >= 4 is 0 Å². The van der Waals surface area contributed by atoms with Crippen LogP contribution in [0.5, 0.6) is 0 Å². The highest BCUT2D eigenvalue weighted by atomic mass is 16.3. The first-order valence-electron chi connectivity index (χ1n) is 8.33. The van der Waals surface area contributed by atoms with Gasteiger partial charge in [-0.05, 0) is 24.0 Å². The molecule has 1 heterocycles. The average Bonchev–Trinajstić information content (AvgIpc) is 2.58. The van der Waals surface area contributed by atoms with Crippen LogP contribution < -0.4 is 5.32 Å². The largest absolute Gasteiger partial charge is 0.393 e. The van der Waals surface area contributed by atoms with Gasteiger partial charge in [-0.1, -0.05) is 74.0 Å². The zero-order valence-corrected chi connectivity index (χ0v) is 13.2. The number of benzene rings is 2. The third-order valence-corrected chi connectivity index (χ3v) is 4.76. The van der Waals surface area contributed by atoms with Crippen molar-refractivity contribution in [3.63, 3.8) is 0 Å². The van der Waals surface area contributed by atoms with E-state index in [0.29, 0.717) is 0 Å². The van der Waals surface area contributed by atoms with E-state index in [9.17, 15) is 5.11 Å². The summed E-state index contributed by atoms with van der Waals surface area (Å²) in [5, 5.41) is 14.5. The third-order valence-electron chi connectivity index (χ3n) is 4.76. The normalized spacial score (nSPS) is 28.5. The quantitative estimate of drug-likeness (QED) is 0.884. The molecule has 2 aromatic rings. The summed E-state index contributed by atoms with van der Waals surface area (Å²) >= 11 is 0. The number of piperidine rings is 1. The number of aliphatic hydroxyl groups is 1. The van der Waals surface area contributed by atoms with Crippen molar-refractivity contribution < 1.29 is 5.11 Å². The number of hydrogen-bond donors (Lipinski definition) is 2. The molecular formula is C20H25NO. The molecule has 1 aliphatic heterocycles. The van der Waals surface area contributed by atoms with Gasteiger partial charge in [-0.25, -0.2) is 0 Å². The molecule has 2 nitrogen and oxygen atoms in total. The maximum Gasteiger partial charge on any atom is 0.0604 e. The van der Waals surface area contributed by atoms with E-state index in [1.54, 1.807) is 0 Å². The Balaban J connectivity index is 1.88. The second kappa shape index (κ2) is 7.08. The van der Waals surface area contributed by atoms with Crippen LogP contribution >= 0.6 is 0 Å². The van der Waals surface area contributed by atoms with Gasteiger partial charge in [0, 0.05) is 18.0 Å². The van der Waals surface area contributed by atoms with Gasteiger partial charge in [-0.3, -0.25) is 0 Å². The molecule has 0 amide bonds. The van der Waals surface area contributed by atoms with Gasteiger partial charge < -0.3 is 10.4 Å². The fourth-order valence-corrected chi connectivity index (χ4v) is 3.66. The van der Waals surface area contributed by atoms with Gasteiger partial charge in [0.05, 0.1) is 6.10 Å². The van der Waals surface area contributed by atoms with Crippen LogP contribution in [0.2, 0.25) is 0 Å². The first-order chi connectivity index (χ1) is 10.8. The Morgan fingerprint density at radius 2 is 1.55 bits per heavy atom. The first-order valence-corrected chi connectivity index (χ1v) is 8.33. The maximum absolute atomic E-state index is 10.7. The Morgan fingerprint density at radius 3 is 2.14 bits per heavy atom. The van der Waals surface area contributed by atoms with E-state index in [-0.39, 0.29) is 24.1 Å². The summed E-state index contributed by atoms with van der Waals surface area (Å²) in [6.45, 7) is 2.19. The smallest absolute Gasteiger partial charge is 0.0604 e. The fourth-order valence-electron chi connectivity index (χ4n) is 3.66. The highest BCUT2D eigenvalue weighted by molar-refractivity contribution is 5.25. The molecule has 22 heavy (non-hydrogen) atoms. The molecule has 0 bridgehead atoms. The molecule has 2 N–H and O–H groups in total. The van der Waals surface area contributed by atoms with Crippen molar-refractivity contribution in [3.8, 4) is 0 Å². The highest BCUT2D eigenvalue weighted by Crippen LogP contribution is 2.39. The zero-order valence-electron chi connectivity index (χ0n) is 13.2. The van der Waals surface area contributed by atoms with Crippen molar-refractivity contribution in [2.75, 3.05) is 0 Å². The van der Waals surface area contributed by atoms with Gasteiger partial charge >= 0.3 is 0 Å². The minimum atomic E-state index is -0.253. The summed E-state index contributed by atoms with van der Waals surface area (Å²) in [5.41, 5.74) is 2.54. The Hall–Kier alpha value is -1.64. The molecule has 1 saturated heterocycles. The summed E-state index contributed by atoms with van der Waals surface area (Å²) in [5.74, 6) is 0.285. The van der Waals surface area contributed by atoms with Crippen molar-refractivity contribution in [1.29, 1.82) is 0 Å². The Morgan fingerprint density at radius 1 is 0.955 bits per heavy atom. The number of nitrogens with one attached hydrogen (secondary N) is 1. The third kappa shape index (κ3) is 3.23. The number of aliphatic hydroxyl groups excluding tert-OH is 1. The van der Waals surface area contributed by atoms with Crippen LogP contribution in [-0.4, -0.2) is 11.2 Å². The molecular weight excluding hydrogens is 270 g/mol. The lowest BCUT2D eigenvalue weighted by Crippen LogP contribution is -2.44. The topological polar surface area (TPSA) is 32.3 Å². The Kier molecular flexibility index (Phi) is 4.91. The highest BCUT2D eigenvalue weighted by Gasteiger charge is 2.37. The Bertz CT molecular complexity index is 569. The SMILES string of the molecule is CCC[C@@H]1[C@H](O)C[C@H](c2ccccc2)N[C@H]1c1ccccc1. The van der Waals surface area contributed by atoms with E-state index in [4.69, 9.17) is 0 Å². The molecule has 2 heteroatoms. The van der Waals surface area contributed by atoms with Gasteiger partial charge in [0.15, 0.2) is 0 Å². The van der Waals surface area contributed by atoms with E-state index in [2.05, 4.69) is 60.8 Å². The van der Waals surface area contributed by atoms with Crippen LogP contribution in [0, 0.1) is 5.92 Å². The van der Waals surface area contributed by atoms with Crippen molar-refractivity contribution in [1.82, 2.24) is 5.32 Å². The summed E-state index contributed by atoms with van der Waals surface area (Å²) in [6.07, 6.45) is 2.69. The fraction of sp³-hybridized carbons (Fsp3) is 0.400. The minimum Gasteiger partial charge on any atom is -0.393 e. The molecule has 0 spiro atoms. The molecule has 0 aromatic heterocycles. The minimum absolute atomic E-state index is 0.217. The average molecular weight is 295 g/mol. The van der Waals surface area contributed by atoms with Gasteiger partial charge in [0.1, 0.15) is 0 Å². The molecule has 1 fully saturated rings. The number of rotatable bonds is 4. The second-order valence-corrected chi connectivity index (χ2v) is 6.27. The molecule has 4 atom stereocenters. The zero-order chi connectivity index (χ0) is 15.4. The van der Waals surface area contributed by atoms with Gasteiger partial charge in [-0.2, -0.15) is 0 Å². The van der Waals surface area contributed by atoms with Crippen LogP contribution in [0.25, 0.3) is 0 Å². The van der Waals surface area contributed by atoms with Crippen LogP contribution in [0.3, 0.4) is 0 Å².